The quantitative estimate of drug-likeness (QED) is 0.828. The molecule has 0 fully saturated rings. The van der Waals surface area contributed by atoms with E-state index in [9.17, 15) is 14.3 Å². The third-order valence-corrected chi connectivity index (χ3v) is 4.71. The van der Waals surface area contributed by atoms with Gasteiger partial charge in [-0.25, -0.2) is 9.18 Å². The second kappa shape index (κ2) is 6.71. The van der Waals surface area contributed by atoms with Crippen LogP contribution in [-0.4, -0.2) is 24.8 Å². The van der Waals surface area contributed by atoms with Gasteiger partial charge in [0.1, 0.15) is 5.82 Å². The molecule has 0 heterocycles. The number of carbonyl (C=O) groups is 1. The first kappa shape index (κ1) is 16.6. The number of aliphatic hydroxyl groups excluding tert-OH is 1. The standard InChI is InChI=1S/C19H20FNO3/c1-24-18(23)14-6-7-17(20)15(10-14)11-21-19(12-22)9-8-13-4-2-3-5-16(13)19/h2-7,10,21-22H,8-9,11-12H2,1H3. The molecule has 5 heteroatoms. The maximum Gasteiger partial charge on any atom is 0.337 e. The van der Waals surface area contributed by atoms with Crippen LogP contribution in [0.3, 0.4) is 0 Å². The number of ether oxygens (including phenoxy) is 1. The second-order valence-corrected chi connectivity index (χ2v) is 6.05. The average Bonchev–Trinajstić information content (AvgIpc) is 3.00. The highest BCUT2D eigenvalue weighted by Crippen LogP contribution is 2.36. The fraction of sp³-hybridized carbons (Fsp3) is 0.316. The molecule has 4 nitrogen and oxygen atoms in total. The van der Waals surface area contributed by atoms with Crippen molar-refractivity contribution >= 4 is 5.97 Å². The Morgan fingerprint density at radius 3 is 2.88 bits per heavy atom. The van der Waals surface area contributed by atoms with Crippen molar-refractivity contribution in [3.05, 3.63) is 70.5 Å². The smallest absolute Gasteiger partial charge is 0.337 e. The molecule has 0 saturated carbocycles. The van der Waals surface area contributed by atoms with Gasteiger partial charge >= 0.3 is 5.97 Å². The molecule has 1 aliphatic rings. The van der Waals surface area contributed by atoms with Crippen molar-refractivity contribution in [2.75, 3.05) is 13.7 Å². The van der Waals surface area contributed by atoms with Gasteiger partial charge in [-0.15, -0.1) is 0 Å². The summed E-state index contributed by atoms with van der Waals surface area (Å²) >= 11 is 0. The Kier molecular flexibility index (Phi) is 4.64. The molecule has 0 bridgehead atoms. The van der Waals surface area contributed by atoms with Crippen LogP contribution < -0.4 is 5.32 Å². The molecule has 0 amide bonds. The monoisotopic (exact) mass is 329 g/mol. The van der Waals surface area contributed by atoms with E-state index in [0.29, 0.717) is 11.1 Å². The van der Waals surface area contributed by atoms with E-state index in [0.717, 1.165) is 18.4 Å². The number of hydrogen-bond donors (Lipinski definition) is 2. The topological polar surface area (TPSA) is 58.6 Å². The number of fused-ring (bicyclic) bond motifs is 1. The molecule has 0 radical (unpaired) electrons. The average molecular weight is 329 g/mol. The van der Waals surface area contributed by atoms with Crippen LogP contribution in [0.1, 0.15) is 33.5 Å². The minimum Gasteiger partial charge on any atom is -0.465 e. The van der Waals surface area contributed by atoms with Gasteiger partial charge in [0.2, 0.25) is 0 Å². The maximum atomic E-state index is 14.1. The van der Waals surface area contributed by atoms with E-state index >= 15 is 0 Å². The third kappa shape index (κ3) is 2.92. The first-order valence-corrected chi connectivity index (χ1v) is 7.90. The molecule has 0 aromatic heterocycles. The minimum atomic E-state index is -0.579. The van der Waals surface area contributed by atoms with Crippen molar-refractivity contribution in [1.29, 1.82) is 0 Å². The zero-order valence-corrected chi connectivity index (χ0v) is 13.5. The summed E-state index contributed by atoms with van der Waals surface area (Å²) in [6.45, 7) is 0.147. The molecule has 1 atom stereocenters. The molecule has 126 valence electrons. The Morgan fingerprint density at radius 2 is 2.12 bits per heavy atom. The first-order valence-electron chi connectivity index (χ1n) is 7.90. The van der Waals surface area contributed by atoms with Crippen molar-refractivity contribution in [2.45, 2.75) is 24.9 Å². The normalized spacial score (nSPS) is 19.1. The Bertz CT molecular complexity index is 762. The van der Waals surface area contributed by atoms with Gasteiger partial charge in [-0.1, -0.05) is 24.3 Å². The summed E-state index contributed by atoms with van der Waals surface area (Å²) in [5.41, 5.74) is 2.35. The summed E-state index contributed by atoms with van der Waals surface area (Å²) in [7, 11) is 1.29. The number of methoxy groups -OCH3 is 1. The van der Waals surface area contributed by atoms with Gasteiger partial charge in [-0.2, -0.15) is 0 Å². The number of carbonyl (C=O) groups excluding carboxylic acids is 1. The molecule has 0 spiro atoms. The molecule has 3 rings (SSSR count). The Labute approximate surface area is 140 Å². The predicted molar refractivity (Wildman–Crippen MR) is 88.1 cm³/mol. The van der Waals surface area contributed by atoms with Gasteiger partial charge in [-0.05, 0) is 42.2 Å². The number of halogens is 1. The number of aliphatic hydroxyl groups is 1. The second-order valence-electron chi connectivity index (χ2n) is 6.05. The molecular weight excluding hydrogens is 309 g/mol. The lowest BCUT2D eigenvalue weighted by atomic mass is 9.92. The molecule has 24 heavy (non-hydrogen) atoms. The van der Waals surface area contributed by atoms with Crippen LogP contribution in [0.5, 0.6) is 0 Å². The van der Waals surface area contributed by atoms with E-state index in [1.165, 1.54) is 30.9 Å². The van der Waals surface area contributed by atoms with Gasteiger partial charge in [0, 0.05) is 12.1 Å². The highest BCUT2D eigenvalue weighted by atomic mass is 19.1. The molecule has 0 saturated heterocycles. The van der Waals surface area contributed by atoms with E-state index in [4.69, 9.17) is 0 Å². The number of benzene rings is 2. The van der Waals surface area contributed by atoms with Crippen LogP contribution in [-0.2, 0) is 23.2 Å². The molecule has 0 aliphatic heterocycles. The molecule has 1 unspecified atom stereocenters. The number of rotatable bonds is 5. The van der Waals surface area contributed by atoms with Gasteiger partial charge < -0.3 is 15.2 Å². The Morgan fingerprint density at radius 1 is 1.33 bits per heavy atom. The fourth-order valence-corrected chi connectivity index (χ4v) is 3.31. The summed E-state index contributed by atoms with van der Waals surface area (Å²) in [5, 5.41) is 13.3. The summed E-state index contributed by atoms with van der Waals surface area (Å²) < 4.78 is 18.8. The van der Waals surface area contributed by atoms with E-state index < -0.39 is 17.3 Å². The van der Waals surface area contributed by atoms with Crippen LogP contribution in [0.25, 0.3) is 0 Å². The van der Waals surface area contributed by atoms with Gasteiger partial charge in [-0.3, -0.25) is 0 Å². The van der Waals surface area contributed by atoms with Gasteiger partial charge in [0.15, 0.2) is 0 Å². The molecule has 2 N–H and O–H groups in total. The van der Waals surface area contributed by atoms with Crippen molar-refractivity contribution in [1.82, 2.24) is 5.32 Å². The fourth-order valence-electron chi connectivity index (χ4n) is 3.31. The largest absolute Gasteiger partial charge is 0.465 e. The van der Waals surface area contributed by atoms with Crippen molar-refractivity contribution in [2.24, 2.45) is 0 Å². The Hall–Kier alpha value is -2.24. The molecule has 1 aliphatic carbocycles. The Balaban J connectivity index is 1.84. The summed E-state index contributed by atoms with van der Waals surface area (Å²) in [4.78, 5) is 11.6. The van der Waals surface area contributed by atoms with E-state index in [2.05, 4.69) is 10.1 Å². The highest BCUT2D eigenvalue weighted by molar-refractivity contribution is 5.89. The zero-order valence-electron chi connectivity index (χ0n) is 13.5. The van der Waals surface area contributed by atoms with Gasteiger partial charge in [0.25, 0.3) is 0 Å². The van der Waals surface area contributed by atoms with E-state index in [1.54, 1.807) is 0 Å². The maximum absolute atomic E-state index is 14.1. The molecular formula is C19H20FNO3. The van der Waals surface area contributed by atoms with Crippen LogP contribution in [0.2, 0.25) is 0 Å². The number of nitrogens with one attached hydrogen (secondary N) is 1. The van der Waals surface area contributed by atoms with Gasteiger partial charge in [0.05, 0.1) is 24.8 Å². The van der Waals surface area contributed by atoms with Crippen molar-refractivity contribution in [3.8, 4) is 0 Å². The van der Waals surface area contributed by atoms with Crippen molar-refractivity contribution < 1.29 is 19.0 Å². The number of esters is 1. The lowest BCUT2D eigenvalue weighted by Crippen LogP contribution is -2.43. The molecule has 2 aromatic carbocycles. The van der Waals surface area contributed by atoms with E-state index in [-0.39, 0.29) is 13.2 Å². The van der Waals surface area contributed by atoms with Crippen LogP contribution >= 0.6 is 0 Å². The summed E-state index contributed by atoms with van der Waals surface area (Å²) in [5.74, 6) is -0.895. The number of hydrogen-bond acceptors (Lipinski definition) is 4. The lowest BCUT2D eigenvalue weighted by Gasteiger charge is -2.30. The zero-order chi connectivity index (χ0) is 17.2. The van der Waals surface area contributed by atoms with Crippen LogP contribution in [0.15, 0.2) is 42.5 Å². The summed E-state index contributed by atoms with van der Waals surface area (Å²) in [6.07, 6.45) is 1.62. The predicted octanol–water partition coefficient (Wildman–Crippen LogP) is 2.54. The highest BCUT2D eigenvalue weighted by Gasteiger charge is 2.37. The SMILES string of the molecule is COC(=O)c1ccc(F)c(CNC2(CO)CCc3ccccc32)c1. The third-order valence-electron chi connectivity index (χ3n) is 4.71. The lowest BCUT2D eigenvalue weighted by molar-refractivity contribution is 0.0600. The number of aryl methyl sites for hydroxylation is 1. The molecule has 2 aromatic rings. The minimum absolute atomic E-state index is 0.0671. The summed E-state index contributed by atoms with van der Waals surface area (Å²) in [6, 6.07) is 12.1. The first-order chi connectivity index (χ1) is 11.6. The van der Waals surface area contributed by atoms with Crippen molar-refractivity contribution in [3.63, 3.8) is 0 Å². The van der Waals surface area contributed by atoms with E-state index in [1.807, 2.05) is 24.3 Å². The van der Waals surface area contributed by atoms with Crippen LogP contribution in [0, 0.1) is 5.82 Å². The van der Waals surface area contributed by atoms with Crippen LogP contribution in [0.4, 0.5) is 4.39 Å².